The maximum absolute atomic E-state index is 12.6. The zero-order valence-corrected chi connectivity index (χ0v) is 16.5. The number of nitrogens with one attached hydrogen (secondary N) is 2. The van der Waals surface area contributed by atoms with Crippen LogP contribution in [0.4, 0.5) is 5.69 Å². The summed E-state index contributed by atoms with van der Waals surface area (Å²) in [6, 6.07) is 15.0. The number of anilines is 1. The number of furan rings is 1. The summed E-state index contributed by atoms with van der Waals surface area (Å²) in [6.45, 7) is 0.643. The molecule has 0 atom stereocenters. The van der Waals surface area contributed by atoms with E-state index >= 15 is 0 Å². The van der Waals surface area contributed by atoms with Crippen LogP contribution < -0.4 is 10.0 Å². The molecule has 150 valence electrons. The van der Waals surface area contributed by atoms with Crippen molar-refractivity contribution in [3.8, 4) is 0 Å². The number of sulfonamides is 1. The fourth-order valence-corrected chi connectivity index (χ4v) is 4.26. The zero-order chi connectivity index (χ0) is 20.3. The minimum absolute atomic E-state index is 0.117. The van der Waals surface area contributed by atoms with E-state index in [1.165, 1.54) is 12.1 Å². The van der Waals surface area contributed by atoms with Crippen LogP contribution in [0.25, 0.3) is 11.0 Å². The van der Waals surface area contributed by atoms with Crippen molar-refractivity contribution in [3.63, 3.8) is 0 Å². The number of para-hydroxylation sites is 1. The molecule has 1 aromatic heterocycles. The Morgan fingerprint density at radius 3 is 2.59 bits per heavy atom. The molecule has 0 spiro atoms. The van der Waals surface area contributed by atoms with Gasteiger partial charge in [-0.25, -0.2) is 8.42 Å². The molecular formula is C21H21N3O4S. The van der Waals surface area contributed by atoms with Crippen molar-refractivity contribution in [2.24, 2.45) is 4.99 Å². The van der Waals surface area contributed by atoms with Gasteiger partial charge in [-0.3, -0.25) is 14.5 Å². The Hall–Kier alpha value is -3.13. The number of amides is 1. The molecule has 2 aromatic carbocycles. The second-order valence-corrected chi connectivity index (χ2v) is 8.55. The molecule has 3 aromatic rings. The Labute approximate surface area is 168 Å². The second-order valence-electron chi connectivity index (χ2n) is 6.87. The molecule has 1 aliphatic rings. The molecule has 1 amide bonds. The third-order valence-electron chi connectivity index (χ3n) is 4.70. The topological polar surface area (TPSA) is 101 Å². The number of carbonyl (C=O) groups excluding carboxylic acids is 1. The molecule has 7 nitrogen and oxygen atoms in total. The first kappa shape index (κ1) is 19.2. The van der Waals surface area contributed by atoms with Crippen molar-refractivity contribution < 1.29 is 17.6 Å². The monoisotopic (exact) mass is 411 g/mol. The lowest BCUT2D eigenvalue weighted by Gasteiger charge is -2.10. The highest BCUT2D eigenvalue weighted by atomic mass is 32.2. The molecule has 2 heterocycles. The number of fused-ring (bicyclic) bond motifs is 1. The Kier molecular flexibility index (Phi) is 5.35. The number of hydrogen-bond acceptors (Lipinski definition) is 5. The average molecular weight is 411 g/mol. The summed E-state index contributed by atoms with van der Waals surface area (Å²) in [7, 11) is -3.70. The standard InChI is InChI=1S/C21H21N3O4S/c25-21(19-14-15-6-3-4-7-18(15)28-19)23-16-9-11-17(12-10-16)29(26,27)24-20-8-2-1-5-13-22-20/h3-4,6-7,9-12,14H,1-2,5,8,13H2,(H,22,24)(H,23,25). The highest BCUT2D eigenvalue weighted by Crippen LogP contribution is 2.21. The predicted octanol–water partition coefficient (Wildman–Crippen LogP) is 3.94. The molecule has 0 bridgehead atoms. The Bertz CT molecular complexity index is 1130. The van der Waals surface area contributed by atoms with E-state index in [1.807, 2.05) is 18.2 Å². The van der Waals surface area contributed by atoms with Gasteiger partial charge in [0.1, 0.15) is 11.4 Å². The maximum Gasteiger partial charge on any atom is 0.291 e. The molecule has 2 N–H and O–H groups in total. The predicted molar refractivity (Wildman–Crippen MR) is 112 cm³/mol. The van der Waals surface area contributed by atoms with Crippen molar-refractivity contribution in [1.29, 1.82) is 0 Å². The molecule has 1 aliphatic heterocycles. The molecule has 0 unspecified atom stereocenters. The summed E-state index contributed by atoms with van der Waals surface area (Å²) in [4.78, 5) is 16.8. The lowest BCUT2D eigenvalue weighted by atomic mass is 10.2. The minimum atomic E-state index is -3.70. The van der Waals surface area contributed by atoms with E-state index < -0.39 is 15.9 Å². The van der Waals surface area contributed by atoms with Crippen LogP contribution in [0.3, 0.4) is 0 Å². The number of benzene rings is 2. The zero-order valence-electron chi connectivity index (χ0n) is 15.7. The van der Waals surface area contributed by atoms with Crippen molar-refractivity contribution in [2.75, 3.05) is 11.9 Å². The molecule has 4 rings (SSSR count). The van der Waals surface area contributed by atoms with Gasteiger partial charge >= 0.3 is 0 Å². The quantitative estimate of drug-likeness (QED) is 0.679. The number of carbonyl (C=O) groups is 1. The number of aliphatic imine (C=N–C) groups is 1. The van der Waals surface area contributed by atoms with Gasteiger partial charge in [0.05, 0.1) is 4.90 Å². The van der Waals surface area contributed by atoms with Crippen molar-refractivity contribution in [3.05, 3.63) is 60.4 Å². The molecule has 29 heavy (non-hydrogen) atoms. The Balaban J connectivity index is 1.45. The SMILES string of the molecule is O=C(Nc1ccc(S(=O)(=O)NC2=NCCCCC2)cc1)c1cc2ccccc2o1. The van der Waals surface area contributed by atoms with Crippen LogP contribution in [0.1, 0.15) is 36.2 Å². The number of amidine groups is 1. The minimum Gasteiger partial charge on any atom is -0.451 e. The molecule has 0 radical (unpaired) electrons. The van der Waals surface area contributed by atoms with Crippen LogP contribution in [-0.2, 0) is 10.0 Å². The fraction of sp³-hybridized carbons (Fsp3) is 0.238. The third kappa shape index (κ3) is 4.48. The summed E-state index contributed by atoms with van der Waals surface area (Å²) < 4.78 is 33.3. The molecule has 0 fully saturated rings. The lowest BCUT2D eigenvalue weighted by molar-refractivity contribution is 0.0998. The van der Waals surface area contributed by atoms with Gasteiger partial charge in [-0.05, 0) is 49.2 Å². The van der Waals surface area contributed by atoms with Gasteiger partial charge < -0.3 is 9.73 Å². The highest BCUT2D eigenvalue weighted by Gasteiger charge is 2.18. The summed E-state index contributed by atoms with van der Waals surface area (Å²) in [5, 5.41) is 3.56. The van der Waals surface area contributed by atoms with E-state index in [0.717, 1.165) is 24.6 Å². The van der Waals surface area contributed by atoms with E-state index in [1.54, 1.807) is 24.3 Å². The molecule has 0 saturated carbocycles. The molecule has 0 saturated heterocycles. The van der Waals surface area contributed by atoms with Crippen LogP contribution >= 0.6 is 0 Å². The smallest absolute Gasteiger partial charge is 0.291 e. The van der Waals surface area contributed by atoms with E-state index in [0.29, 0.717) is 30.1 Å². The van der Waals surface area contributed by atoms with Crippen LogP contribution in [-0.4, -0.2) is 26.7 Å². The van der Waals surface area contributed by atoms with Crippen molar-refractivity contribution in [2.45, 2.75) is 30.6 Å². The van der Waals surface area contributed by atoms with E-state index in [2.05, 4.69) is 15.0 Å². The second kappa shape index (κ2) is 8.08. The van der Waals surface area contributed by atoms with Crippen LogP contribution in [0.5, 0.6) is 0 Å². The number of rotatable bonds is 4. The van der Waals surface area contributed by atoms with Gasteiger partial charge in [-0.2, -0.15) is 0 Å². The first-order valence-electron chi connectivity index (χ1n) is 9.47. The maximum atomic E-state index is 12.6. The average Bonchev–Trinajstić information content (AvgIpc) is 2.99. The highest BCUT2D eigenvalue weighted by molar-refractivity contribution is 7.90. The third-order valence-corrected chi connectivity index (χ3v) is 6.10. The van der Waals surface area contributed by atoms with Gasteiger partial charge in [0.2, 0.25) is 0 Å². The van der Waals surface area contributed by atoms with Gasteiger partial charge in [0.15, 0.2) is 5.76 Å². The molecular weight excluding hydrogens is 390 g/mol. The Morgan fingerprint density at radius 1 is 1.00 bits per heavy atom. The van der Waals surface area contributed by atoms with Crippen LogP contribution in [0.2, 0.25) is 0 Å². The lowest BCUT2D eigenvalue weighted by Crippen LogP contribution is -2.30. The molecule has 0 aliphatic carbocycles. The van der Waals surface area contributed by atoms with Crippen molar-refractivity contribution >= 4 is 38.4 Å². The van der Waals surface area contributed by atoms with Crippen molar-refractivity contribution in [1.82, 2.24) is 4.72 Å². The summed E-state index contributed by atoms with van der Waals surface area (Å²) in [6.07, 6.45) is 3.58. The van der Waals surface area contributed by atoms with E-state index in [4.69, 9.17) is 4.42 Å². The van der Waals surface area contributed by atoms with Gasteiger partial charge in [0.25, 0.3) is 15.9 Å². The van der Waals surface area contributed by atoms with Crippen LogP contribution in [0.15, 0.2) is 68.9 Å². The first-order valence-corrected chi connectivity index (χ1v) is 11.0. The largest absolute Gasteiger partial charge is 0.451 e. The van der Waals surface area contributed by atoms with Crippen LogP contribution in [0, 0.1) is 0 Å². The fourth-order valence-electron chi connectivity index (χ4n) is 3.18. The van der Waals surface area contributed by atoms with Gasteiger partial charge in [-0.1, -0.05) is 24.6 Å². The van der Waals surface area contributed by atoms with E-state index in [9.17, 15) is 13.2 Å². The van der Waals surface area contributed by atoms with Gasteiger partial charge in [-0.15, -0.1) is 0 Å². The summed E-state index contributed by atoms with van der Waals surface area (Å²) in [5.41, 5.74) is 1.10. The molecule has 8 heteroatoms. The first-order chi connectivity index (χ1) is 14.0. The number of hydrogen-bond donors (Lipinski definition) is 2. The van der Waals surface area contributed by atoms with E-state index in [-0.39, 0.29) is 10.7 Å². The van der Waals surface area contributed by atoms with Gasteiger partial charge in [0, 0.05) is 24.0 Å². The summed E-state index contributed by atoms with van der Waals surface area (Å²) >= 11 is 0. The number of nitrogens with zero attached hydrogens (tertiary/aromatic N) is 1. The summed E-state index contributed by atoms with van der Waals surface area (Å²) in [5.74, 6) is 0.295. The normalized spacial score (nSPS) is 14.8. The Morgan fingerprint density at radius 2 is 1.79 bits per heavy atom.